The third-order valence-corrected chi connectivity index (χ3v) is 10.3. The molecule has 8 bridgehead atoms. The molecule has 1 radical (unpaired) electrons. The number of aromatic amines is 2. The van der Waals surface area contributed by atoms with Crippen molar-refractivity contribution in [3.8, 4) is 45.6 Å². The summed E-state index contributed by atoms with van der Waals surface area (Å²) in [5.41, 5.74) is 4.59. The number of hydrogen-bond donors (Lipinski definition) is 3. The zero-order valence-electron chi connectivity index (χ0n) is 26.5. The average Bonchev–Trinajstić information content (AvgIpc) is 3.87. The minimum atomic E-state index is -4.38. The van der Waals surface area contributed by atoms with Crippen LogP contribution in [0.15, 0.2) is 95.9 Å². The van der Waals surface area contributed by atoms with Crippen LogP contribution in [0, 0.1) is 0 Å². The van der Waals surface area contributed by atoms with Gasteiger partial charge >= 0.3 is 0 Å². The van der Waals surface area contributed by atoms with E-state index in [1.54, 1.807) is 12.1 Å². The largest absolute Gasteiger partial charge is 0.324 e. The van der Waals surface area contributed by atoms with Gasteiger partial charge in [0.25, 0.3) is 10.0 Å². The van der Waals surface area contributed by atoms with Crippen molar-refractivity contribution in [1.82, 2.24) is 54.8 Å². The van der Waals surface area contributed by atoms with E-state index < -0.39 is 10.0 Å². The number of halogens is 2. The molecule has 14 nitrogen and oxygen atoms in total. The molecule has 8 aromatic rings. The molecule has 0 amide bonds. The normalized spacial score (nSPS) is 12.0. The summed E-state index contributed by atoms with van der Waals surface area (Å²) < 4.78 is 30.5. The number of aromatic nitrogens is 11. The van der Waals surface area contributed by atoms with Gasteiger partial charge in [0.1, 0.15) is 22.6 Å². The Hall–Kier alpha value is -5.90. The van der Waals surface area contributed by atoms with E-state index in [4.69, 9.17) is 53.1 Å². The molecule has 0 spiro atoms. The molecule has 0 saturated carbocycles. The molecule has 18 heteroatoms. The zero-order valence-corrected chi connectivity index (χ0v) is 29.7. The number of nitrogens with one attached hydrogen (secondary N) is 3. The van der Waals surface area contributed by atoms with Crippen molar-refractivity contribution in [2.45, 2.75) is 4.90 Å². The summed E-state index contributed by atoms with van der Waals surface area (Å²) in [4.78, 5) is 47.6. The molecule has 4 aromatic carbocycles. The van der Waals surface area contributed by atoms with E-state index in [1.165, 1.54) is 6.07 Å². The Morgan fingerprint density at radius 3 is 1.40 bits per heavy atom. The first kappa shape index (κ1) is 33.0. The van der Waals surface area contributed by atoms with Gasteiger partial charge in [-0.25, -0.2) is 43.0 Å². The number of nitrogens with zero attached hydrogens (tertiary/aromatic N) is 9. The van der Waals surface area contributed by atoms with Crippen LogP contribution in [0.25, 0.3) is 89.7 Å². The Labute approximate surface area is 318 Å². The van der Waals surface area contributed by atoms with E-state index in [2.05, 4.69) is 29.6 Å². The fourth-order valence-electron chi connectivity index (χ4n) is 6.43. The quantitative estimate of drug-likeness (QED) is 0.153. The van der Waals surface area contributed by atoms with Gasteiger partial charge in [0.2, 0.25) is 16.5 Å². The predicted octanol–water partition coefficient (Wildman–Crippen LogP) is 7.16. The molecule has 3 N–H and O–H groups in total. The standard InChI is InChI=1S/C35H18Cl2N12O2S.Cu/c36-33-46-34(37)48-35(47-33)49-52(50,51)23-15-7-14-22-24(23)32-44-30-21-13-6-5-12-20(21)28(42-30)40-26-17-9-2-1-8-16(17)25(38-26)39-27-18-10-3-4-11-19(18)29(41-27)43-31(22)45-32;/h1-15H,(H,46,47,48,49)(H2,38,39,40,41,42,43,44,45);. The Balaban J connectivity index is 0.00000372. The molecule has 53 heavy (non-hydrogen) atoms. The van der Waals surface area contributed by atoms with Crippen molar-refractivity contribution in [1.29, 1.82) is 0 Å². The molecule has 2 aliphatic rings. The smallest absolute Gasteiger partial charge is 0.264 e. The van der Waals surface area contributed by atoms with Crippen molar-refractivity contribution in [2.24, 2.45) is 0 Å². The number of rotatable bonds is 3. The first-order chi connectivity index (χ1) is 25.3. The van der Waals surface area contributed by atoms with Crippen molar-refractivity contribution in [3.05, 3.63) is 102 Å². The summed E-state index contributed by atoms with van der Waals surface area (Å²) in [5, 5.41) is 1.83. The van der Waals surface area contributed by atoms with Gasteiger partial charge in [-0.3, -0.25) is 0 Å². The van der Waals surface area contributed by atoms with Crippen LogP contribution in [0.3, 0.4) is 0 Å². The summed E-state index contributed by atoms with van der Waals surface area (Å²) in [6, 6.07) is 27.8. The van der Waals surface area contributed by atoms with Crippen LogP contribution in [0.2, 0.25) is 10.6 Å². The minimum absolute atomic E-state index is 0. The van der Waals surface area contributed by atoms with Crippen molar-refractivity contribution >= 4 is 83.3 Å². The Kier molecular flexibility index (Phi) is 7.69. The van der Waals surface area contributed by atoms with E-state index in [0.717, 1.165) is 27.5 Å². The maximum atomic E-state index is 14.1. The molecule has 4 aromatic heterocycles. The number of benzene rings is 4. The number of sulfonamides is 1. The van der Waals surface area contributed by atoms with Gasteiger partial charge in [-0.1, -0.05) is 84.9 Å². The van der Waals surface area contributed by atoms with Gasteiger partial charge in [0.15, 0.2) is 23.3 Å². The molecule has 0 atom stereocenters. The fourth-order valence-corrected chi connectivity index (χ4v) is 7.97. The molecule has 0 fully saturated rings. The second-order valence-corrected chi connectivity index (χ2v) is 14.1. The number of anilines is 1. The second kappa shape index (κ2) is 12.4. The molecule has 2 aliphatic heterocycles. The first-order valence-corrected chi connectivity index (χ1v) is 17.9. The van der Waals surface area contributed by atoms with E-state index >= 15 is 0 Å². The van der Waals surface area contributed by atoms with Crippen LogP contribution < -0.4 is 4.72 Å². The minimum Gasteiger partial charge on any atom is -0.324 e. The van der Waals surface area contributed by atoms with Crippen LogP contribution in [-0.2, 0) is 27.1 Å². The van der Waals surface area contributed by atoms with Crippen molar-refractivity contribution in [2.75, 3.05) is 4.72 Å². The summed E-state index contributed by atoms with van der Waals surface area (Å²) in [6.45, 7) is 0. The number of fused-ring (bicyclic) bond motifs is 20. The van der Waals surface area contributed by atoms with E-state index in [0.29, 0.717) is 51.2 Å². The predicted molar refractivity (Wildman–Crippen MR) is 197 cm³/mol. The molecule has 10 rings (SSSR count). The average molecular weight is 805 g/mol. The topological polar surface area (TPSA) is 194 Å². The van der Waals surface area contributed by atoms with Gasteiger partial charge in [-0.15, -0.1) is 0 Å². The fraction of sp³-hybridized carbons (Fsp3) is 0. The van der Waals surface area contributed by atoms with E-state index in [-0.39, 0.29) is 49.5 Å². The van der Waals surface area contributed by atoms with Crippen molar-refractivity contribution < 1.29 is 25.5 Å². The summed E-state index contributed by atoms with van der Waals surface area (Å²) in [7, 11) is -4.38. The number of hydrogen-bond acceptors (Lipinski definition) is 11. The van der Waals surface area contributed by atoms with Crippen molar-refractivity contribution in [3.63, 3.8) is 0 Å². The van der Waals surface area contributed by atoms with Gasteiger partial charge in [-0.2, -0.15) is 15.0 Å². The summed E-state index contributed by atoms with van der Waals surface area (Å²) in [6.07, 6.45) is 0. The summed E-state index contributed by atoms with van der Waals surface area (Å²) >= 11 is 11.9. The third kappa shape index (κ3) is 5.46. The molecule has 0 unspecified atom stereocenters. The summed E-state index contributed by atoms with van der Waals surface area (Å²) in [5.74, 6) is 1.19. The SMILES string of the molecule is O=S(=O)(Nc1nc(Cl)nc(Cl)n1)c1cccc2c3nc4nc(nc5[nH]c(nc6nc(nc([nH]3)c12)-c1ccccc1-6)c1ccccc51)-c1ccccc1-4.[Cu]. The van der Waals surface area contributed by atoms with Crippen LogP contribution in [0.1, 0.15) is 0 Å². The molecular formula is C35H18Cl2CuN12O2S. The molecule has 0 aliphatic carbocycles. The van der Waals surface area contributed by atoms with Gasteiger partial charge in [0.05, 0.1) is 4.90 Å². The van der Waals surface area contributed by atoms with Gasteiger partial charge < -0.3 is 9.97 Å². The molecule has 0 saturated heterocycles. The van der Waals surface area contributed by atoms with E-state index in [9.17, 15) is 8.42 Å². The van der Waals surface area contributed by atoms with Crippen LogP contribution in [0.5, 0.6) is 0 Å². The second-order valence-electron chi connectivity index (χ2n) is 11.7. The Morgan fingerprint density at radius 1 is 0.472 bits per heavy atom. The Morgan fingerprint density at radius 2 is 0.887 bits per heavy atom. The van der Waals surface area contributed by atoms with E-state index in [1.807, 2.05) is 72.8 Å². The number of H-pyrrole nitrogens is 2. The van der Waals surface area contributed by atoms with Crippen LogP contribution >= 0.6 is 23.2 Å². The van der Waals surface area contributed by atoms with Crippen LogP contribution in [-0.4, -0.2) is 63.2 Å². The van der Waals surface area contributed by atoms with Gasteiger partial charge in [-0.05, 0) is 29.3 Å². The Bertz CT molecular complexity index is 3110. The zero-order chi connectivity index (χ0) is 35.1. The van der Waals surface area contributed by atoms with Gasteiger partial charge in [0, 0.05) is 60.9 Å². The monoisotopic (exact) mass is 803 g/mol. The maximum absolute atomic E-state index is 14.1. The third-order valence-electron chi connectivity index (χ3n) is 8.64. The maximum Gasteiger partial charge on any atom is 0.264 e. The molecule has 261 valence electrons. The molecule has 6 heterocycles. The molecular weight excluding hydrogens is 787 g/mol. The first-order valence-electron chi connectivity index (χ1n) is 15.6. The van der Waals surface area contributed by atoms with Crippen LogP contribution in [0.4, 0.5) is 5.95 Å².